The van der Waals surface area contributed by atoms with E-state index >= 15 is 4.39 Å². The van der Waals surface area contributed by atoms with Crippen LogP contribution in [0.3, 0.4) is 0 Å². The van der Waals surface area contributed by atoms with Crippen molar-refractivity contribution in [3.63, 3.8) is 0 Å². The van der Waals surface area contributed by atoms with Gasteiger partial charge in [-0.15, -0.1) is 10.2 Å². The molecule has 7 heteroatoms. The maximum Gasteiger partial charge on any atom is 0.254 e. The first-order valence-electron chi connectivity index (χ1n) is 11.3. The summed E-state index contributed by atoms with van der Waals surface area (Å²) in [6.45, 7) is 2.74. The zero-order valence-corrected chi connectivity index (χ0v) is 18.3. The second kappa shape index (κ2) is 8.04. The van der Waals surface area contributed by atoms with Crippen LogP contribution in [0.25, 0.3) is 11.4 Å². The Morgan fingerprint density at radius 1 is 1.19 bits per heavy atom. The largest absolute Gasteiger partial charge is 0.399 e. The van der Waals surface area contributed by atoms with Gasteiger partial charge in [0.15, 0.2) is 5.82 Å². The van der Waals surface area contributed by atoms with Gasteiger partial charge in [0.05, 0.1) is 0 Å². The van der Waals surface area contributed by atoms with Gasteiger partial charge in [0, 0.05) is 42.7 Å². The lowest BCUT2D eigenvalue weighted by molar-refractivity contribution is 0.0421. The van der Waals surface area contributed by atoms with E-state index in [1.54, 1.807) is 35.5 Å². The van der Waals surface area contributed by atoms with Crippen LogP contribution in [0.15, 0.2) is 42.7 Å². The number of benzene rings is 2. The highest BCUT2D eigenvalue weighted by Crippen LogP contribution is 2.42. The number of hydrogen-bond donors (Lipinski definition) is 2. The summed E-state index contributed by atoms with van der Waals surface area (Å²) >= 11 is 0. The van der Waals surface area contributed by atoms with Crippen molar-refractivity contribution >= 4 is 11.6 Å². The number of anilines is 1. The number of halogens is 1. The minimum atomic E-state index is -1.43. The molecule has 1 aliphatic carbocycles. The summed E-state index contributed by atoms with van der Waals surface area (Å²) in [4.78, 5) is 18.3. The first-order chi connectivity index (χ1) is 15.4. The Morgan fingerprint density at radius 3 is 2.50 bits per heavy atom. The predicted molar refractivity (Wildman–Crippen MR) is 122 cm³/mol. The molecule has 3 N–H and O–H groups in total. The molecule has 0 unspecified atom stereocenters. The smallest absolute Gasteiger partial charge is 0.254 e. The molecule has 1 saturated carbocycles. The monoisotopic (exact) mass is 433 g/mol. The molecule has 2 heterocycles. The number of hydrogen-bond acceptors (Lipinski definition) is 4. The molecule has 1 amide bonds. The quantitative estimate of drug-likeness (QED) is 0.582. The number of aromatic amines is 1. The van der Waals surface area contributed by atoms with E-state index in [4.69, 9.17) is 5.73 Å². The summed E-state index contributed by atoms with van der Waals surface area (Å²) in [5.74, 6) is 1.13. The van der Waals surface area contributed by atoms with Gasteiger partial charge in [-0.25, -0.2) is 4.39 Å². The topological polar surface area (TPSA) is 87.9 Å². The van der Waals surface area contributed by atoms with Crippen LogP contribution >= 0.6 is 0 Å². The number of nitrogens with zero attached hydrogens (tertiary/aromatic N) is 3. The van der Waals surface area contributed by atoms with Crippen LogP contribution in [0.5, 0.6) is 0 Å². The van der Waals surface area contributed by atoms with Crippen molar-refractivity contribution in [3.05, 3.63) is 65.0 Å². The Bertz CT molecular complexity index is 1110. The lowest BCUT2D eigenvalue weighted by Gasteiger charge is -2.37. The van der Waals surface area contributed by atoms with Gasteiger partial charge in [-0.3, -0.25) is 4.79 Å². The molecule has 0 bridgehead atoms. The molecule has 2 fully saturated rings. The number of amides is 1. The van der Waals surface area contributed by atoms with Crippen LogP contribution in [0, 0.1) is 6.92 Å². The molecule has 3 aromatic rings. The minimum Gasteiger partial charge on any atom is -0.399 e. The van der Waals surface area contributed by atoms with E-state index in [0.29, 0.717) is 41.6 Å². The summed E-state index contributed by atoms with van der Waals surface area (Å²) in [6, 6.07) is 11.0. The van der Waals surface area contributed by atoms with E-state index in [9.17, 15) is 4.79 Å². The molecule has 1 aliphatic heterocycles. The van der Waals surface area contributed by atoms with E-state index in [-0.39, 0.29) is 18.7 Å². The molecular weight excluding hydrogens is 405 g/mol. The van der Waals surface area contributed by atoms with Gasteiger partial charge in [0.2, 0.25) is 0 Å². The van der Waals surface area contributed by atoms with Crippen molar-refractivity contribution in [2.24, 2.45) is 0 Å². The van der Waals surface area contributed by atoms with E-state index in [1.165, 1.54) is 12.0 Å². The number of alkyl halides is 1. The fourth-order valence-electron chi connectivity index (χ4n) is 4.86. The van der Waals surface area contributed by atoms with E-state index in [1.807, 2.05) is 13.0 Å². The lowest BCUT2D eigenvalue weighted by Crippen LogP contribution is -2.43. The first-order valence-corrected chi connectivity index (χ1v) is 11.3. The lowest BCUT2D eigenvalue weighted by atomic mass is 9.77. The fourth-order valence-corrected chi connectivity index (χ4v) is 4.86. The summed E-state index contributed by atoms with van der Waals surface area (Å²) in [5, 5.41) is 8.13. The molecule has 0 atom stereocenters. The van der Waals surface area contributed by atoms with Gasteiger partial charge < -0.3 is 15.6 Å². The number of rotatable bonds is 4. The molecule has 166 valence electrons. The highest BCUT2D eigenvalue weighted by molar-refractivity contribution is 5.97. The van der Waals surface area contributed by atoms with Gasteiger partial charge in [0.25, 0.3) is 5.91 Å². The highest BCUT2D eigenvalue weighted by atomic mass is 19.1. The third kappa shape index (κ3) is 3.66. The molecule has 6 nitrogen and oxygen atoms in total. The standard InChI is InChI=1S/C25H28FN5O/c1-16-13-21(17-3-2-4-17)22(23-28-15-29-30-23)14-20(16)24(32)31-11-9-25(26,10-12-31)18-5-7-19(27)8-6-18/h5-8,13-15,17H,2-4,9-12,27H2,1H3,(H,28,29,30). The first kappa shape index (κ1) is 20.7. The second-order valence-electron chi connectivity index (χ2n) is 9.10. The van der Waals surface area contributed by atoms with Crippen LogP contribution in [-0.2, 0) is 5.67 Å². The number of likely N-dealkylation sites (tertiary alicyclic amines) is 1. The van der Waals surface area contributed by atoms with Gasteiger partial charge in [-0.2, -0.15) is 0 Å². The fraction of sp³-hybridized carbons (Fsp3) is 0.400. The number of aromatic nitrogens is 3. The molecule has 1 aromatic heterocycles. The Balaban J connectivity index is 1.39. The molecule has 0 radical (unpaired) electrons. The molecule has 1 saturated heterocycles. The number of nitrogen functional groups attached to an aromatic ring is 1. The summed E-state index contributed by atoms with van der Waals surface area (Å²) in [7, 11) is 0. The Morgan fingerprint density at radius 2 is 1.91 bits per heavy atom. The number of H-pyrrole nitrogens is 1. The predicted octanol–water partition coefficient (Wildman–Crippen LogP) is 4.73. The number of carbonyl (C=O) groups excluding carboxylic acids is 1. The zero-order valence-electron chi connectivity index (χ0n) is 18.3. The van der Waals surface area contributed by atoms with Gasteiger partial charge >= 0.3 is 0 Å². The normalized spacial score (nSPS) is 18.4. The van der Waals surface area contributed by atoms with Crippen molar-refractivity contribution in [3.8, 4) is 11.4 Å². The number of carbonyl (C=O) groups is 1. The number of nitrogens with two attached hydrogens (primary N) is 1. The molecular formula is C25H28FN5O. The van der Waals surface area contributed by atoms with Crippen LogP contribution < -0.4 is 5.73 Å². The van der Waals surface area contributed by atoms with Crippen molar-refractivity contribution in [1.82, 2.24) is 20.1 Å². The van der Waals surface area contributed by atoms with Crippen LogP contribution in [0.1, 0.15) is 65.1 Å². The number of nitrogens with one attached hydrogen (secondary N) is 1. The summed E-state index contributed by atoms with van der Waals surface area (Å²) < 4.78 is 15.6. The van der Waals surface area contributed by atoms with Crippen molar-refractivity contribution in [2.75, 3.05) is 18.8 Å². The average Bonchev–Trinajstić information content (AvgIpc) is 3.28. The average molecular weight is 434 g/mol. The van der Waals surface area contributed by atoms with Crippen LogP contribution in [0.2, 0.25) is 0 Å². The van der Waals surface area contributed by atoms with Crippen LogP contribution in [-0.4, -0.2) is 39.1 Å². The van der Waals surface area contributed by atoms with Gasteiger partial charge in [-0.05, 0) is 60.6 Å². The number of piperidine rings is 1. The number of aryl methyl sites for hydroxylation is 1. The van der Waals surface area contributed by atoms with Crippen LogP contribution in [0.4, 0.5) is 10.1 Å². The van der Waals surface area contributed by atoms with Crippen molar-refractivity contribution in [1.29, 1.82) is 0 Å². The van der Waals surface area contributed by atoms with Crippen molar-refractivity contribution < 1.29 is 9.18 Å². The molecule has 32 heavy (non-hydrogen) atoms. The third-order valence-corrected chi connectivity index (χ3v) is 7.12. The summed E-state index contributed by atoms with van der Waals surface area (Å²) in [5.41, 5.74) is 9.34. The molecule has 2 aliphatic rings. The molecule has 2 aromatic carbocycles. The minimum absolute atomic E-state index is 0.0530. The molecule has 0 spiro atoms. The third-order valence-electron chi connectivity index (χ3n) is 7.12. The molecule has 5 rings (SSSR count). The Hall–Kier alpha value is -3.22. The second-order valence-corrected chi connectivity index (χ2v) is 9.10. The zero-order chi connectivity index (χ0) is 22.3. The van der Waals surface area contributed by atoms with E-state index in [2.05, 4.69) is 21.2 Å². The van der Waals surface area contributed by atoms with E-state index in [0.717, 1.165) is 24.0 Å². The SMILES string of the molecule is Cc1cc(C2CCC2)c(-c2nnc[nH]2)cc1C(=O)N1CCC(F)(c2ccc(N)cc2)CC1. The Labute approximate surface area is 187 Å². The van der Waals surface area contributed by atoms with Crippen molar-refractivity contribution in [2.45, 2.75) is 50.6 Å². The maximum absolute atomic E-state index is 15.6. The maximum atomic E-state index is 15.6. The van der Waals surface area contributed by atoms with E-state index < -0.39 is 5.67 Å². The van der Waals surface area contributed by atoms with Gasteiger partial charge in [0.1, 0.15) is 12.0 Å². The Kier molecular flexibility index (Phi) is 5.19. The highest BCUT2D eigenvalue weighted by Gasteiger charge is 2.38. The summed E-state index contributed by atoms with van der Waals surface area (Å²) in [6.07, 6.45) is 5.65. The van der Waals surface area contributed by atoms with Gasteiger partial charge in [-0.1, -0.05) is 24.6 Å².